The maximum atomic E-state index is 13.2. The molecular weight excluding hydrogens is 547 g/mol. The summed E-state index contributed by atoms with van der Waals surface area (Å²) in [6, 6.07) is 10.8. The fraction of sp³-hybridized carbons (Fsp3) is 0.433. The van der Waals surface area contributed by atoms with Gasteiger partial charge in [0.1, 0.15) is 5.52 Å². The van der Waals surface area contributed by atoms with Gasteiger partial charge in [-0.1, -0.05) is 44.4 Å². The van der Waals surface area contributed by atoms with Gasteiger partial charge in [0.05, 0.1) is 12.1 Å². The maximum Gasteiger partial charge on any atom is 0.416 e. The van der Waals surface area contributed by atoms with E-state index >= 15 is 0 Å². The predicted octanol–water partition coefficient (Wildman–Crippen LogP) is 6.05. The minimum absolute atomic E-state index is 0.195. The Hall–Kier alpha value is -4.22. The van der Waals surface area contributed by atoms with E-state index in [4.69, 9.17) is 4.98 Å². The molecular formula is C30H34F3N7O2. The molecule has 0 atom stereocenters. The normalized spacial score (nSPS) is 13.7. The number of alkyl halides is 3. The molecule has 0 radical (unpaired) electrons. The number of halogens is 3. The second-order valence-electron chi connectivity index (χ2n) is 10.6. The van der Waals surface area contributed by atoms with Gasteiger partial charge in [-0.25, -0.2) is 14.8 Å². The third kappa shape index (κ3) is 6.80. The number of benzene rings is 1. The number of imidazole rings is 1. The molecule has 0 saturated heterocycles. The van der Waals surface area contributed by atoms with Crippen LogP contribution in [0.3, 0.4) is 0 Å². The molecule has 2 N–H and O–H groups in total. The topological polar surface area (TPSA) is 109 Å². The molecule has 1 fully saturated rings. The minimum atomic E-state index is -4.44. The Balaban J connectivity index is 1.57. The Morgan fingerprint density at radius 1 is 1.10 bits per heavy atom. The molecule has 1 aliphatic carbocycles. The number of nitrogens with zero attached hydrogens (tertiary/aromatic N) is 6. The standard InChI is InChI=1S/C30H34F3N7O2/c1-2-17-39(18-14-23-8-3-4-15-34-23)29-38-26-24(40(29)19-21-9-11-22(12-10-21)30(31,32)33)25(36-27(37-26)28(41)42)35-16-13-20-6-5-7-20/h3-4,8-12,15,20H,2,5-7,13-14,16-19H2,1H3,(H,41,42)(H,35,36,37). The summed E-state index contributed by atoms with van der Waals surface area (Å²) in [6.45, 7) is 4.07. The van der Waals surface area contributed by atoms with Gasteiger partial charge in [0.25, 0.3) is 0 Å². The smallest absolute Gasteiger partial charge is 0.416 e. The lowest BCUT2D eigenvalue weighted by Crippen LogP contribution is -2.30. The number of aromatic nitrogens is 5. The second kappa shape index (κ2) is 12.7. The van der Waals surface area contributed by atoms with Crippen LogP contribution in [0.1, 0.15) is 66.5 Å². The molecule has 4 aromatic rings. The predicted molar refractivity (Wildman–Crippen MR) is 154 cm³/mol. The van der Waals surface area contributed by atoms with Crippen LogP contribution in [0.4, 0.5) is 24.9 Å². The van der Waals surface area contributed by atoms with Gasteiger partial charge in [0.2, 0.25) is 11.8 Å². The van der Waals surface area contributed by atoms with Crippen molar-refractivity contribution in [3.63, 3.8) is 0 Å². The Morgan fingerprint density at radius 2 is 1.88 bits per heavy atom. The third-order valence-electron chi connectivity index (χ3n) is 7.61. The number of hydrogen-bond acceptors (Lipinski definition) is 7. The number of pyridine rings is 1. The highest BCUT2D eigenvalue weighted by Gasteiger charge is 2.30. The number of carboxylic acid groups (broad SMARTS) is 1. The lowest BCUT2D eigenvalue weighted by atomic mass is 9.83. The Morgan fingerprint density at radius 3 is 2.50 bits per heavy atom. The van der Waals surface area contributed by atoms with Crippen LogP contribution in [0.15, 0.2) is 48.7 Å². The first-order chi connectivity index (χ1) is 20.2. The molecule has 222 valence electrons. The summed E-state index contributed by atoms with van der Waals surface area (Å²) < 4.78 is 41.6. The lowest BCUT2D eigenvalue weighted by Gasteiger charge is -2.25. The monoisotopic (exact) mass is 581 g/mol. The molecule has 0 spiro atoms. The largest absolute Gasteiger partial charge is 0.475 e. The maximum absolute atomic E-state index is 13.2. The number of hydrogen-bond donors (Lipinski definition) is 2. The van der Waals surface area contributed by atoms with E-state index in [9.17, 15) is 23.1 Å². The molecule has 1 saturated carbocycles. The molecule has 1 aliphatic rings. The quantitative estimate of drug-likeness (QED) is 0.197. The third-order valence-corrected chi connectivity index (χ3v) is 7.61. The zero-order valence-corrected chi connectivity index (χ0v) is 23.4. The average Bonchev–Trinajstić information content (AvgIpc) is 3.30. The molecule has 42 heavy (non-hydrogen) atoms. The summed E-state index contributed by atoms with van der Waals surface area (Å²) in [5.74, 6) is -0.105. The molecule has 0 unspecified atom stereocenters. The van der Waals surface area contributed by atoms with E-state index < -0.39 is 17.7 Å². The first kappa shape index (κ1) is 29.3. The van der Waals surface area contributed by atoms with Crippen molar-refractivity contribution in [1.29, 1.82) is 0 Å². The van der Waals surface area contributed by atoms with E-state index in [-0.39, 0.29) is 18.0 Å². The van der Waals surface area contributed by atoms with Crippen LogP contribution in [0, 0.1) is 5.92 Å². The number of rotatable bonds is 13. The molecule has 9 nitrogen and oxygen atoms in total. The number of anilines is 2. The first-order valence-corrected chi connectivity index (χ1v) is 14.3. The van der Waals surface area contributed by atoms with Crippen LogP contribution in [0.25, 0.3) is 11.2 Å². The summed E-state index contributed by atoms with van der Waals surface area (Å²) in [5, 5.41) is 13.1. The Kier molecular flexibility index (Phi) is 8.89. The zero-order chi connectivity index (χ0) is 29.7. The van der Waals surface area contributed by atoms with Crippen molar-refractivity contribution in [1.82, 2.24) is 24.5 Å². The van der Waals surface area contributed by atoms with Gasteiger partial charge in [-0.15, -0.1) is 0 Å². The number of aromatic carboxylic acids is 1. The van der Waals surface area contributed by atoms with E-state index in [1.54, 1.807) is 6.20 Å². The van der Waals surface area contributed by atoms with Crippen molar-refractivity contribution in [3.05, 3.63) is 71.3 Å². The summed E-state index contributed by atoms with van der Waals surface area (Å²) in [4.78, 5) is 31.9. The highest BCUT2D eigenvalue weighted by Crippen LogP contribution is 2.32. The van der Waals surface area contributed by atoms with Gasteiger partial charge >= 0.3 is 12.1 Å². The summed E-state index contributed by atoms with van der Waals surface area (Å²) >= 11 is 0. The summed E-state index contributed by atoms with van der Waals surface area (Å²) in [6.07, 6.45) is 3.27. The summed E-state index contributed by atoms with van der Waals surface area (Å²) in [7, 11) is 0. The van der Waals surface area contributed by atoms with Gasteiger partial charge in [0.15, 0.2) is 11.5 Å². The molecule has 0 bridgehead atoms. The molecule has 0 amide bonds. The van der Waals surface area contributed by atoms with Gasteiger partial charge < -0.3 is 19.9 Å². The van der Waals surface area contributed by atoms with E-state index in [1.807, 2.05) is 29.7 Å². The van der Waals surface area contributed by atoms with Crippen LogP contribution >= 0.6 is 0 Å². The van der Waals surface area contributed by atoms with Crippen LogP contribution in [-0.2, 0) is 19.1 Å². The highest BCUT2D eigenvalue weighted by atomic mass is 19.4. The molecule has 3 aromatic heterocycles. The molecule has 12 heteroatoms. The van der Waals surface area contributed by atoms with Gasteiger partial charge in [-0.2, -0.15) is 18.2 Å². The van der Waals surface area contributed by atoms with Crippen molar-refractivity contribution in [2.24, 2.45) is 5.92 Å². The van der Waals surface area contributed by atoms with Crippen molar-refractivity contribution in [2.45, 2.75) is 58.2 Å². The number of carboxylic acids is 1. The lowest BCUT2D eigenvalue weighted by molar-refractivity contribution is -0.137. The second-order valence-corrected chi connectivity index (χ2v) is 10.6. The Labute approximate surface area is 241 Å². The minimum Gasteiger partial charge on any atom is -0.475 e. The van der Waals surface area contributed by atoms with Gasteiger partial charge in [0, 0.05) is 37.9 Å². The van der Waals surface area contributed by atoms with E-state index in [0.717, 1.165) is 30.7 Å². The number of fused-ring (bicyclic) bond motifs is 1. The molecule has 3 heterocycles. The molecule has 0 aliphatic heterocycles. The van der Waals surface area contributed by atoms with E-state index in [0.29, 0.717) is 54.8 Å². The Bertz CT molecular complexity index is 1500. The van der Waals surface area contributed by atoms with Crippen molar-refractivity contribution >= 4 is 28.9 Å². The number of carbonyl (C=O) groups is 1. The van der Waals surface area contributed by atoms with Crippen LogP contribution in [0.5, 0.6) is 0 Å². The molecule has 5 rings (SSSR count). The van der Waals surface area contributed by atoms with E-state index in [2.05, 4.69) is 25.2 Å². The average molecular weight is 582 g/mol. The summed E-state index contributed by atoms with van der Waals surface area (Å²) in [5.41, 5.74) is 1.55. The van der Waals surface area contributed by atoms with Crippen LogP contribution in [-0.4, -0.2) is 55.2 Å². The number of nitrogens with one attached hydrogen (secondary N) is 1. The molecule has 1 aromatic carbocycles. The van der Waals surface area contributed by atoms with Gasteiger partial charge in [-0.05, 0) is 48.6 Å². The first-order valence-electron chi connectivity index (χ1n) is 14.3. The fourth-order valence-corrected chi connectivity index (χ4v) is 5.17. The zero-order valence-electron chi connectivity index (χ0n) is 23.4. The highest BCUT2D eigenvalue weighted by molar-refractivity contribution is 5.91. The fourth-order valence-electron chi connectivity index (χ4n) is 5.17. The van der Waals surface area contributed by atoms with Crippen LogP contribution < -0.4 is 10.2 Å². The van der Waals surface area contributed by atoms with Crippen molar-refractivity contribution < 1.29 is 23.1 Å². The van der Waals surface area contributed by atoms with Gasteiger partial charge in [-0.3, -0.25) is 4.98 Å². The van der Waals surface area contributed by atoms with Crippen molar-refractivity contribution in [2.75, 3.05) is 29.9 Å². The van der Waals surface area contributed by atoms with E-state index in [1.165, 1.54) is 31.4 Å². The van der Waals surface area contributed by atoms with Crippen LogP contribution in [0.2, 0.25) is 0 Å². The van der Waals surface area contributed by atoms with Crippen molar-refractivity contribution in [3.8, 4) is 0 Å². The SMILES string of the molecule is CCCN(CCc1ccccn1)c1nc2nc(C(=O)O)nc(NCCC3CCC3)c2n1Cc1ccc(C(F)(F)F)cc1.